The van der Waals surface area contributed by atoms with Gasteiger partial charge in [0.05, 0.1) is 11.4 Å². The highest BCUT2D eigenvalue weighted by Gasteiger charge is 2.06. The van der Waals surface area contributed by atoms with Crippen molar-refractivity contribution in [3.8, 4) is 0 Å². The molecule has 0 saturated carbocycles. The number of nitrogens with one attached hydrogen (secondary N) is 1. The van der Waals surface area contributed by atoms with Gasteiger partial charge in [0.1, 0.15) is 4.99 Å². The first kappa shape index (κ1) is 14.2. The fourth-order valence-electron chi connectivity index (χ4n) is 1.54. The molecule has 1 aromatic carbocycles. The summed E-state index contributed by atoms with van der Waals surface area (Å²) in [6, 6.07) is 7.45. The zero-order valence-electron chi connectivity index (χ0n) is 10.1. The Morgan fingerprint density at radius 2 is 2.16 bits per heavy atom. The van der Waals surface area contributed by atoms with E-state index in [1.165, 1.54) is 0 Å². The molecule has 0 atom stereocenters. The van der Waals surface area contributed by atoms with Crippen LogP contribution in [0, 0.1) is 6.92 Å². The average Bonchev–Trinajstić information content (AvgIpc) is 2.36. The number of nitrogens with two attached hydrogens (primary N) is 1. The van der Waals surface area contributed by atoms with Crippen LogP contribution in [0.5, 0.6) is 0 Å². The van der Waals surface area contributed by atoms with Gasteiger partial charge in [0.25, 0.3) is 0 Å². The maximum atomic E-state index is 6.12. The number of halogens is 2. The number of pyridine rings is 1. The van der Waals surface area contributed by atoms with E-state index in [-0.39, 0.29) is 4.99 Å². The monoisotopic (exact) mass is 355 g/mol. The van der Waals surface area contributed by atoms with Gasteiger partial charge in [-0.05, 0) is 52.7 Å². The van der Waals surface area contributed by atoms with Crippen molar-refractivity contribution in [3.05, 3.63) is 51.2 Å². The first-order chi connectivity index (χ1) is 8.97. The lowest BCUT2D eigenvalue weighted by Gasteiger charge is -2.11. The Labute approximate surface area is 130 Å². The van der Waals surface area contributed by atoms with Gasteiger partial charge in [0, 0.05) is 21.4 Å². The third kappa shape index (κ3) is 3.43. The Hall–Kier alpha value is -1.17. The summed E-state index contributed by atoms with van der Waals surface area (Å²) in [7, 11) is 0. The van der Waals surface area contributed by atoms with Crippen molar-refractivity contribution >= 4 is 56.1 Å². The van der Waals surface area contributed by atoms with Gasteiger partial charge in [-0.15, -0.1) is 0 Å². The maximum Gasteiger partial charge on any atom is 0.122 e. The second-order valence-electron chi connectivity index (χ2n) is 4.00. The number of aryl methyl sites for hydroxylation is 1. The third-order valence-electron chi connectivity index (χ3n) is 2.54. The molecule has 0 spiro atoms. The van der Waals surface area contributed by atoms with Crippen molar-refractivity contribution in [2.45, 2.75) is 6.92 Å². The second kappa shape index (κ2) is 5.86. The number of thiocarbonyl (C=S) groups is 1. The van der Waals surface area contributed by atoms with E-state index >= 15 is 0 Å². The number of hydrogen-bond acceptors (Lipinski definition) is 3. The normalized spacial score (nSPS) is 10.3. The van der Waals surface area contributed by atoms with Crippen LogP contribution in [0.4, 0.5) is 11.4 Å². The molecule has 0 amide bonds. The molecule has 0 unspecified atom stereocenters. The van der Waals surface area contributed by atoms with E-state index in [0.29, 0.717) is 10.7 Å². The van der Waals surface area contributed by atoms with Gasteiger partial charge < -0.3 is 11.1 Å². The summed E-state index contributed by atoms with van der Waals surface area (Å²) in [5, 5.41) is 3.95. The molecule has 0 fully saturated rings. The summed E-state index contributed by atoms with van der Waals surface area (Å²) >= 11 is 14.5. The third-order valence-corrected chi connectivity index (χ3v) is 3.81. The molecule has 19 heavy (non-hydrogen) atoms. The summed E-state index contributed by atoms with van der Waals surface area (Å²) in [5.41, 5.74) is 8.87. The highest BCUT2D eigenvalue weighted by Crippen LogP contribution is 2.31. The average molecular weight is 357 g/mol. The van der Waals surface area contributed by atoms with E-state index in [2.05, 4.69) is 26.2 Å². The quantitative estimate of drug-likeness (QED) is 0.810. The zero-order chi connectivity index (χ0) is 14.0. The summed E-state index contributed by atoms with van der Waals surface area (Å²) in [6.07, 6.45) is 1.65. The van der Waals surface area contributed by atoms with E-state index < -0.39 is 0 Å². The van der Waals surface area contributed by atoms with Crippen LogP contribution in [-0.2, 0) is 0 Å². The topological polar surface area (TPSA) is 50.9 Å². The fourth-order valence-corrected chi connectivity index (χ4v) is 2.37. The van der Waals surface area contributed by atoms with E-state index in [9.17, 15) is 0 Å². The highest BCUT2D eigenvalue weighted by molar-refractivity contribution is 9.10. The number of rotatable bonds is 3. The predicted molar refractivity (Wildman–Crippen MR) is 87.3 cm³/mol. The first-order valence-electron chi connectivity index (χ1n) is 5.46. The SMILES string of the molecule is Cc1cc(Br)c(Nc2ccnc(C(N)=S)c2)cc1Cl. The molecule has 0 aliphatic heterocycles. The Morgan fingerprint density at radius 1 is 1.42 bits per heavy atom. The minimum absolute atomic E-state index is 0.268. The molecule has 6 heteroatoms. The molecule has 0 radical (unpaired) electrons. The first-order valence-corrected chi connectivity index (χ1v) is 7.04. The van der Waals surface area contributed by atoms with E-state index in [1.54, 1.807) is 12.3 Å². The molecule has 2 rings (SSSR count). The maximum absolute atomic E-state index is 6.12. The molecule has 0 aliphatic rings. The van der Waals surface area contributed by atoms with Crippen molar-refractivity contribution in [2.24, 2.45) is 5.73 Å². The second-order valence-corrected chi connectivity index (χ2v) is 5.70. The zero-order valence-corrected chi connectivity index (χ0v) is 13.2. The number of nitrogens with zero attached hydrogens (tertiary/aromatic N) is 1. The molecular formula is C13H11BrClN3S. The minimum atomic E-state index is 0.268. The smallest absolute Gasteiger partial charge is 0.122 e. The van der Waals surface area contributed by atoms with Crippen molar-refractivity contribution in [2.75, 3.05) is 5.32 Å². The molecule has 1 aromatic heterocycles. The van der Waals surface area contributed by atoms with E-state index in [1.807, 2.05) is 25.1 Å². The molecule has 3 N–H and O–H groups in total. The van der Waals surface area contributed by atoms with Crippen LogP contribution in [-0.4, -0.2) is 9.97 Å². The molecule has 98 valence electrons. The van der Waals surface area contributed by atoms with Gasteiger partial charge in [0.2, 0.25) is 0 Å². The van der Waals surface area contributed by atoms with Crippen LogP contribution in [0.15, 0.2) is 34.9 Å². The van der Waals surface area contributed by atoms with Gasteiger partial charge in [-0.1, -0.05) is 23.8 Å². The largest absolute Gasteiger partial charge is 0.388 e. The van der Waals surface area contributed by atoms with Crippen molar-refractivity contribution in [1.29, 1.82) is 0 Å². The van der Waals surface area contributed by atoms with Crippen LogP contribution in [0.25, 0.3) is 0 Å². The summed E-state index contributed by atoms with van der Waals surface area (Å²) < 4.78 is 0.933. The van der Waals surface area contributed by atoms with Crippen LogP contribution < -0.4 is 11.1 Å². The van der Waals surface area contributed by atoms with Crippen LogP contribution in [0.1, 0.15) is 11.3 Å². The molecule has 0 saturated heterocycles. The van der Waals surface area contributed by atoms with Crippen molar-refractivity contribution in [3.63, 3.8) is 0 Å². The Morgan fingerprint density at radius 3 is 2.84 bits per heavy atom. The molecule has 0 bridgehead atoms. The summed E-state index contributed by atoms with van der Waals surface area (Å²) in [4.78, 5) is 4.36. The van der Waals surface area contributed by atoms with E-state index in [4.69, 9.17) is 29.6 Å². The van der Waals surface area contributed by atoms with Crippen LogP contribution >= 0.6 is 39.7 Å². The van der Waals surface area contributed by atoms with Crippen LogP contribution in [0.2, 0.25) is 5.02 Å². The molecule has 0 aliphatic carbocycles. The molecule has 3 nitrogen and oxygen atoms in total. The Bertz CT molecular complexity index is 646. The lowest BCUT2D eigenvalue weighted by atomic mass is 10.2. The molecular weight excluding hydrogens is 346 g/mol. The number of hydrogen-bond donors (Lipinski definition) is 2. The Kier molecular flexibility index (Phi) is 4.39. The fraction of sp³-hybridized carbons (Fsp3) is 0.0769. The Balaban J connectivity index is 2.33. The van der Waals surface area contributed by atoms with Gasteiger partial charge in [-0.2, -0.15) is 0 Å². The summed E-state index contributed by atoms with van der Waals surface area (Å²) in [6.45, 7) is 1.95. The number of anilines is 2. The summed E-state index contributed by atoms with van der Waals surface area (Å²) in [5.74, 6) is 0. The number of benzene rings is 1. The van der Waals surface area contributed by atoms with Crippen molar-refractivity contribution in [1.82, 2.24) is 4.98 Å². The highest BCUT2D eigenvalue weighted by atomic mass is 79.9. The van der Waals surface area contributed by atoms with Gasteiger partial charge in [-0.3, -0.25) is 4.98 Å². The van der Waals surface area contributed by atoms with Crippen molar-refractivity contribution < 1.29 is 0 Å². The van der Waals surface area contributed by atoms with Gasteiger partial charge in [0.15, 0.2) is 0 Å². The number of aromatic nitrogens is 1. The lowest BCUT2D eigenvalue weighted by Crippen LogP contribution is -2.11. The minimum Gasteiger partial charge on any atom is -0.388 e. The molecule has 2 aromatic rings. The standard InChI is InChI=1S/C13H11BrClN3S/c1-7-4-9(14)11(6-10(7)15)18-8-2-3-17-12(5-8)13(16)19/h2-6H,1H3,(H2,16,19)(H,17,18). The predicted octanol–water partition coefficient (Wildman–Crippen LogP) is 4.18. The molecule has 1 heterocycles. The van der Waals surface area contributed by atoms with Gasteiger partial charge in [-0.25, -0.2) is 0 Å². The van der Waals surface area contributed by atoms with Crippen LogP contribution in [0.3, 0.4) is 0 Å². The lowest BCUT2D eigenvalue weighted by molar-refractivity contribution is 1.29. The van der Waals surface area contributed by atoms with Gasteiger partial charge >= 0.3 is 0 Å². The van der Waals surface area contributed by atoms with E-state index in [0.717, 1.165) is 21.4 Å².